The van der Waals surface area contributed by atoms with E-state index < -0.39 is 97.5 Å². The molecule has 0 saturated heterocycles. The Morgan fingerprint density at radius 3 is 0.732 bits per heavy atom. The van der Waals surface area contributed by atoms with E-state index in [2.05, 4.69) is 41.5 Å². The van der Waals surface area contributed by atoms with Gasteiger partial charge >= 0.3 is 39.5 Å². The van der Waals surface area contributed by atoms with Gasteiger partial charge in [-0.25, -0.2) is 9.13 Å². The molecule has 0 amide bonds. The maximum atomic E-state index is 13.1. The molecular formula is C78H152O17P2. The molecule has 0 rings (SSSR count). The van der Waals surface area contributed by atoms with Crippen LogP contribution in [0.3, 0.4) is 0 Å². The molecule has 4 unspecified atom stereocenters. The van der Waals surface area contributed by atoms with Gasteiger partial charge in [-0.2, -0.15) is 0 Å². The van der Waals surface area contributed by atoms with Crippen molar-refractivity contribution >= 4 is 39.5 Å². The van der Waals surface area contributed by atoms with E-state index >= 15 is 0 Å². The van der Waals surface area contributed by atoms with Gasteiger partial charge in [-0.05, 0) is 37.5 Å². The highest BCUT2D eigenvalue weighted by Gasteiger charge is 2.30. The van der Waals surface area contributed by atoms with Crippen molar-refractivity contribution in [3.05, 3.63) is 0 Å². The largest absolute Gasteiger partial charge is 0.472 e. The Morgan fingerprint density at radius 1 is 0.289 bits per heavy atom. The molecule has 3 N–H and O–H groups in total. The van der Waals surface area contributed by atoms with Crippen LogP contribution in [-0.4, -0.2) is 96.7 Å². The van der Waals surface area contributed by atoms with Gasteiger partial charge < -0.3 is 33.8 Å². The van der Waals surface area contributed by atoms with E-state index in [1.54, 1.807) is 0 Å². The Kier molecular flexibility index (Phi) is 68.4. The third-order valence-electron chi connectivity index (χ3n) is 18.9. The van der Waals surface area contributed by atoms with Crippen LogP contribution in [0.5, 0.6) is 0 Å². The first-order valence-corrected chi connectivity index (χ1v) is 43.6. The minimum atomic E-state index is -4.96. The highest BCUT2D eigenvalue weighted by Crippen LogP contribution is 2.45. The van der Waals surface area contributed by atoms with Crippen LogP contribution in [0.25, 0.3) is 0 Å². The number of ether oxygens (including phenoxy) is 4. The molecule has 0 aliphatic heterocycles. The zero-order valence-corrected chi connectivity index (χ0v) is 65.2. The smallest absolute Gasteiger partial charge is 0.462 e. The van der Waals surface area contributed by atoms with Gasteiger partial charge in [0.1, 0.15) is 19.3 Å². The van der Waals surface area contributed by atoms with E-state index in [1.807, 2.05) is 0 Å². The van der Waals surface area contributed by atoms with Gasteiger partial charge in [-0.1, -0.05) is 356 Å². The first-order valence-electron chi connectivity index (χ1n) is 40.6. The molecule has 0 aliphatic rings. The second-order valence-electron chi connectivity index (χ2n) is 28.6. The van der Waals surface area contributed by atoms with Gasteiger partial charge in [0.15, 0.2) is 12.2 Å². The summed E-state index contributed by atoms with van der Waals surface area (Å²) < 4.78 is 68.6. The summed E-state index contributed by atoms with van der Waals surface area (Å²) in [6.07, 6.45) is 58.0. The maximum Gasteiger partial charge on any atom is 0.472 e. The first-order chi connectivity index (χ1) is 46.9. The van der Waals surface area contributed by atoms with Crippen LogP contribution in [0.4, 0.5) is 0 Å². The molecule has 0 aromatic heterocycles. The Labute approximate surface area is 594 Å². The van der Waals surface area contributed by atoms with Gasteiger partial charge in [-0.15, -0.1) is 0 Å². The fraction of sp³-hybridized carbons (Fsp3) is 0.949. The number of hydrogen-bond donors (Lipinski definition) is 3. The van der Waals surface area contributed by atoms with Crippen LogP contribution in [-0.2, 0) is 65.4 Å². The standard InChI is InChI=1S/C78H152O17P2/c1-7-11-13-15-17-19-21-22-23-24-28-32-36-43-49-55-61-76(81)89-66-73(94-77(82)62-56-50-44-37-33-29-26-25-27-31-34-40-46-52-58-70(5)9-3)68-92-96(84,85)90-64-72(79)65-91-97(86,87)93-69-74(67-88-75(80)60-54-48-42-35-30-20-18-16-14-12-8-2)95-78(83)63-57-51-45-39-38-41-47-53-59-71(6)10-4/h70-74,79H,7-69H2,1-6H3,(H,84,85)(H,86,87)/t70?,71?,72-,73-,74-/m1/s1. The number of hydrogen-bond acceptors (Lipinski definition) is 15. The molecule has 19 heteroatoms. The Morgan fingerprint density at radius 2 is 0.495 bits per heavy atom. The molecular weight excluding hydrogens is 1270 g/mol. The van der Waals surface area contributed by atoms with Gasteiger partial charge in [0.2, 0.25) is 0 Å². The molecule has 576 valence electrons. The average Bonchev–Trinajstić information content (AvgIpc) is 1.04. The zero-order valence-electron chi connectivity index (χ0n) is 63.4. The Bertz CT molecular complexity index is 1880. The van der Waals surface area contributed by atoms with Crippen LogP contribution in [0.15, 0.2) is 0 Å². The summed E-state index contributed by atoms with van der Waals surface area (Å²) in [5.74, 6) is -0.497. The van der Waals surface area contributed by atoms with E-state index in [4.69, 9.17) is 37.0 Å². The predicted molar refractivity (Wildman–Crippen MR) is 395 cm³/mol. The van der Waals surface area contributed by atoms with Crippen molar-refractivity contribution in [3.8, 4) is 0 Å². The number of unbranched alkanes of at least 4 members (excludes halogenated alkanes) is 45. The molecule has 0 heterocycles. The molecule has 0 aromatic rings. The third kappa shape index (κ3) is 69.5. The molecule has 0 saturated carbocycles. The number of carbonyl (C=O) groups is 4. The molecule has 17 nitrogen and oxygen atoms in total. The van der Waals surface area contributed by atoms with E-state index in [0.29, 0.717) is 25.7 Å². The predicted octanol–water partition coefficient (Wildman–Crippen LogP) is 23.1. The topological polar surface area (TPSA) is 237 Å². The summed E-state index contributed by atoms with van der Waals surface area (Å²) in [5, 5.41) is 10.6. The lowest BCUT2D eigenvalue weighted by atomic mass is 9.99. The van der Waals surface area contributed by atoms with Crippen molar-refractivity contribution in [3.63, 3.8) is 0 Å². The Balaban J connectivity index is 5.25. The Hall–Kier alpha value is -1.94. The van der Waals surface area contributed by atoms with Crippen LogP contribution in [0, 0.1) is 11.8 Å². The number of phosphoric acid groups is 2. The number of rotatable bonds is 77. The first kappa shape index (κ1) is 95.1. The minimum Gasteiger partial charge on any atom is -0.462 e. The summed E-state index contributed by atoms with van der Waals surface area (Å²) in [6.45, 7) is 9.66. The molecule has 0 bridgehead atoms. The summed E-state index contributed by atoms with van der Waals surface area (Å²) in [4.78, 5) is 72.9. The van der Waals surface area contributed by atoms with Crippen molar-refractivity contribution in [1.29, 1.82) is 0 Å². The molecule has 0 aromatic carbocycles. The van der Waals surface area contributed by atoms with Crippen molar-refractivity contribution in [2.75, 3.05) is 39.6 Å². The number of phosphoric ester groups is 2. The molecule has 0 fully saturated rings. The summed E-state index contributed by atoms with van der Waals surface area (Å²) >= 11 is 0. The number of aliphatic hydroxyl groups excluding tert-OH is 1. The van der Waals surface area contributed by atoms with Crippen molar-refractivity contribution < 1.29 is 80.2 Å². The van der Waals surface area contributed by atoms with Crippen molar-refractivity contribution in [1.82, 2.24) is 0 Å². The fourth-order valence-corrected chi connectivity index (χ4v) is 13.5. The number of aliphatic hydroxyl groups is 1. The third-order valence-corrected chi connectivity index (χ3v) is 20.8. The maximum absolute atomic E-state index is 13.1. The average molecular weight is 1420 g/mol. The minimum absolute atomic E-state index is 0.105. The van der Waals surface area contributed by atoms with E-state index in [-0.39, 0.29) is 25.7 Å². The monoisotopic (exact) mass is 1420 g/mol. The lowest BCUT2D eigenvalue weighted by Crippen LogP contribution is -2.30. The molecule has 0 radical (unpaired) electrons. The van der Waals surface area contributed by atoms with Gasteiger partial charge in [-0.3, -0.25) is 37.3 Å². The van der Waals surface area contributed by atoms with Crippen LogP contribution >= 0.6 is 15.6 Å². The highest BCUT2D eigenvalue weighted by atomic mass is 31.2. The quantitative estimate of drug-likeness (QED) is 0.0222. The van der Waals surface area contributed by atoms with Gasteiger partial charge in [0, 0.05) is 25.7 Å². The van der Waals surface area contributed by atoms with Crippen LogP contribution in [0.2, 0.25) is 0 Å². The lowest BCUT2D eigenvalue weighted by Gasteiger charge is -2.21. The molecule has 97 heavy (non-hydrogen) atoms. The SMILES string of the molecule is CCCCCCCCCCCCCCCCCCC(=O)OC[C@H](COP(=O)(O)OC[C@@H](O)COP(=O)(O)OC[C@@H](COC(=O)CCCCCCCCCCCCC)OC(=O)CCCCCCCCCCC(C)CC)OC(=O)CCCCCCCCCCCCCCCCC(C)CC. The van der Waals surface area contributed by atoms with E-state index in [0.717, 1.165) is 102 Å². The van der Waals surface area contributed by atoms with Gasteiger partial charge in [0.25, 0.3) is 0 Å². The second kappa shape index (κ2) is 69.8. The zero-order chi connectivity index (χ0) is 71.4. The second-order valence-corrected chi connectivity index (χ2v) is 31.5. The molecule has 0 spiro atoms. The van der Waals surface area contributed by atoms with Gasteiger partial charge in [0.05, 0.1) is 26.4 Å². The number of esters is 4. The van der Waals surface area contributed by atoms with E-state index in [1.165, 1.54) is 225 Å². The molecule has 0 aliphatic carbocycles. The highest BCUT2D eigenvalue weighted by molar-refractivity contribution is 7.47. The lowest BCUT2D eigenvalue weighted by molar-refractivity contribution is -0.161. The van der Waals surface area contributed by atoms with Crippen LogP contribution in [0.1, 0.15) is 408 Å². The number of carbonyl (C=O) groups excluding carboxylic acids is 4. The molecule has 7 atom stereocenters. The van der Waals surface area contributed by atoms with Crippen molar-refractivity contribution in [2.45, 2.75) is 426 Å². The normalized spacial score (nSPS) is 14.5. The summed E-state index contributed by atoms with van der Waals surface area (Å²) in [5.41, 5.74) is 0. The summed E-state index contributed by atoms with van der Waals surface area (Å²) in [6, 6.07) is 0. The fourth-order valence-electron chi connectivity index (χ4n) is 11.9. The van der Waals surface area contributed by atoms with Crippen molar-refractivity contribution in [2.24, 2.45) is 11.8 Å². The van der Waals surface area contributed by atoms with E-state index in [9.17, 15) is 43.2 Å². The van der Waals surface area contributed by atoms with Crippen LogP contribution < -0.4 is 0 Å². The summed E-state index contributed by atoms with van der Waals surface area (Å²) in [7, 11) is -9.91.